The zero-order valence-corrected chi connectivity index (χ0v) is 11.5. The second-order valence-electron chi connectivity index (χ2n) is 5.79. The van der Waals surface area contributed by atoms with Crippen LogP contribution in [0.15, 0.2) is 0 Å². The fourth-order valence-corrected chi connectivity index (χ4v) is 2.24. The minimum absolute atomic E-state index is 0.161. The Morgan fingerprint density at radius 3 is 2.22 bits per heavy atom. The molecule has 0 aromatic rings. The monoisotopic (exact) mass is 259 g/mol. The second kappa shape index (κ2) is 6.36. The smallest absolute Gasteiger partial charge is 0.405 e. The fraction of sp³-hybridized carbons (Fsp3) is 0.917. The molecule has 1 fully saturated rings. The number of aliphatic hydroxyl groups is 1. The maximum Gasteiger partial charge on any atom is 0.405 e. The van der Waals surface area contributed by atoms with Crippen LogP contribution >= 0.6 is 0 Å². The number of nitrogens with one attached hydrogen (secondary N) is 1. The fourth-order valence-electron chi connectivity index (χ4n) is 2.24. The molecular formula is C12H25N3O3. The van der Waals surface area contributed by atoms with E-state index in [0.717, 1.165) is 26.2 Å². The third kappa shape index (κ3) is 4.80. The van der Waals surface area contributed by atoms with Crippen molar-refractivity contribution in [2.24, 2.45) is 0 Å². The van der Waals surface area contributed by atoms with E-state index in [1.54, 1.807) is 0 Å². The molecular weight excluding hydrogens is 234 g/mol. The summed E-state index contributed by atoms with van der Waals surface area (Å²) in [5.41, 5.74) is 0.182. The van der Waals surface area contributed by atoms with E-state index in [-0.39, 0.29) is 12.1 Å². The number of rotatable bonds is 4. The molecule has 106 valence electrons. The minimum atomic E-state index is -1.08. The molecule has 0 bridgehead atoms. The van der Waals surface area contributed by atoms with Crippen molar-refractivity contribution in [3.63, 3.8) is 0 Å². The molecule has 6 nitrogen and oxygen atoms in total. The lowest BCUT2D eigenvalue weighted by atomic mass is 10.0. The van der Waals surface area contributed by atoms with E-state index in [1.807, 2.05) is 0 Å². The van der Waals surface area contributed by atoms with E-state index in [4.69, 9.17) is 10.2 Å². The van der Waals surface area contributed by atoms with Crippen molar-refractivity contribution in [2.75, 3.05) is 39.3 Å². The van der Waals surface area contributed by atoms with Crippen LogP contribution in [0.2, 0.25) is 0 Å². The number of aliphatic hydroxyl groups excluding tert-OH is 1. The van der Waals surface area contributed by atoms with E-state index < -0.39 is 12.1 Å². The van der Waals surface area contributed by atoms with Gasteiger partial charge in [0.25, 0.3) is 0 Å². The topological polar surface area (TPSA) is 76.0 Å². The summed E-state index contributed by atoms with van der Waals surface area (Å²) in [6, 6.07) is -0.399. The van der Waals surface area contributed by atoms with Crippen molar-refractivity contribution in [3.05, 3.63) is 0 Å². The Morgan fingerprint density at radius 2 is 1.83 bits per heavy atom. The first kappa shape index (κ1) is 15.2. The summed E-state index contributed by atoms with van der Waals surface area (Å²) in [4.78, 5) is 15.2. The molecule has 1 aliphatic heterocycles. The van der Waals surface area contributed by atoms with E-state index in [9.17, 15) is 4.79 Å². The summed E-state index contributed by atoms with van der Waals surface area (Å²) in [6.07, 6.45) is -1.08. The summed E-state index contributed by atoms with van der Waals surface area (Å²) in [5.74, 6) is 0. The van der Waals surface area contributed by atoms with Crippen LogP contribution in [0.25, 0.3) is 0 Å². The Labute approximate surface area is 109 Å². The number of hydrogen-bond donors (Lipinski definition) is 3. The number of carboxylic acid groups (broad SMARTS) is 1. The molecule has 1 saturated heterocycles. The Kier molecular flexibility index (Phi) is 5.37. The first-order valence-electron chi connectivity index (χ1n) is 6.40. The number of carbonyl (C=O) groups is 1. The van der Waals surface area contributed by atoms with Gasteiger partial charge in [-0.3, -0.25) is 9.80 Å². The molecule has 1 amide bonds. The van der Waals surface area contributed by atoms with Gasteiger partial charge in [-0.25, -0.2) is 4.79 Å². The highest BCUT2D eigenvalue weighted by Crippen LogP contribution is 2.15. The standard InChI is InChI=1S/C12H25N3O3/c1-12(2,3)15-6-4-14(5-7-15)8-10(9-16)13-11(17)18/h10,13,16H,4-9H2,1-3H3,(H,17,18). The molecule has 0 spiro atoms. The minimum Gasteiger partial charge on any atom is -0.465 e. The van der Waals surface area contributed by atoms with Crippen LogP contribution in [0.4, 0.5) is 4.79 Å². The molecule has 6 heteroatoms. The summed E-state index contributed by atoms with van der Waals surface area (Å²) >= 11 is 0. The first-order chi connectivity index (χ1) is 8.32. The molecule has 0 aromatic carbocycles. The Hall–Kier alpha value is -0.850. The van der Waals surface area contributed by atoms with Crippen molar-refractivity contribution in [1.82, 2.24) is 15.1 Å². The molecule has 1 atom stereocenters. The van der Waals surface area contributed by atoms with Gasteiger partial charge in [0, 0.05) is 38.3 Å². The molecule has 0 saturated carbocycles. The number of hydrogen-bond acceptors (Lipinski definition) is 4. The summed E-state index contributed by atoms with van der Waals surface area (Å²) in [6.45, 7) is 10.8. The molecule has 0 radical (unpaired) electrons. The summed E-state index contributed by atoms with van der Waals surface area (Å²) in [7, 11) is 0. The van der Waals surface area contributed by atoms with Crippen molar-refractivity contribution in [3.8, 4) is 0 Å². The Morgan fingerprint density at radius 1 is 1.28 bits per heavy atom. The van der Waals surface area contributed by atoms with Gasteiger partial charge in [-0.15, -0.1) is 0 Å². The predicted molar refractivity (Wildman–Crippen MR) is 69.8 cm³/mol. The molecule has 3 N–H and O–H groups in total. The van der Waals surface area contributed by atoms with Crippen molar-refractivity contribution >= 4 is 6.09 Å². The van der Waals surface area contributed by atoms with Crippen LogP contribution in [0.5, 0.6) is 0 Å². The molecule has 0 aliphatic carbocycles. The largest absolute Gasteiger partial charge is 0.465 e. The summed E-state index contributed by atoms with van der Waals surface area (Å²) < 4.78 is 0. The third-order valence-electron chi connectivity index (χ3n) is 3.35. The van der Waals surface area contributed by atoms with Gasteiger partial charge in [0.15, 0.2) is 0 Å². The van der Waals surface area contributed by atoms with Gasteiger partial charge >= 0.3 is 6.09 Å². The maximum atomic E-state index is 10.5. The van der Waals surface area contributed by atoms with Crippen molar-refractivity contribution in [1.29, 1.82) is 0 Å². The summed E-state index contributed by atoms with van der Waals surface area (Å²) in [5, 5.41) is 20.1. The van der Waals surface area contributed by atoms with E-state index in [1.165, 1.54) is 0 Å². The third-order valence-corrected chi connectivity index (χ3v) is 3.35. The normalized spacial score (nSPS) is 20.7. The van der Waals surface area contributed by atoms with Crippen LogP contribution in [0.1, 0.15) is 20.8 Å². The van der Waals surface area contributed by atoms with Gasteiger partial charge in [0.2, 0.25) is 0 Å². The molecule has 1 heterocycles. The lowest BCUT2D eigenvalue weighted by molar-refractivity contribution is 0.0539. The lowest BCUT2D eigenvalue weighted by Gasteiger charge is -2.42. The molecule has 1 unspecified atom stereocenters. The van der Waals surface area contributed by atoms with Gasteiger partial charge in [-0.1, -0.05) is 0 Å². The lowest BCUT2D eigenvalue weighted by Crippen LogP contribution is -2.56. The maximum absolute atomic E-state index is 10.5. The van der Waals surface area contributed by atoms with E-state index in [2.05, 4.69) is 35.9 Å². The van der Waals surface area contributed by atoms with Gasteiger partial charge in [-0.2, -0.15) is 0 Å². The van der Waals surface area contributed by atoms with Crippen LogP contribution in [0, 0.1) is 0 Å². The second-order valence-corrected chi connectivity index (χ2v) is 5.79. The van der Waals surface area contributed by atoms with Crippen LogP contribution < -0.4 is 5.32 Å². The quantitative estimate of drug-likeness (QED) is 0.664. The molecule has 0 aromatic heterocycles. The zero-order valence-electron chi connectivity index (χ0n) is 11.5. The number of amides is 1. The molecule has 1 aliphatic rings. The van der Waals surface area contributed by atoms with Crippen molar-refractivity contribution < 1.29 is 15.0 Å². The highest BCUT2D eigenvalue weighted by Gasteiger charge is 2.26. The highest BCUT2D eigenvalue weighted by molar-refractivity contribution is 5.64. The first-order valence-corrected chi connectivity index (χ1v) is 6.40. The van der Waals surface area contributed by atoms with Crippen LogP contribution in [-0.2, 0) is 0 Å². The van der Waals surface area contributed by atoms with Crippen LogP contribution in [-0.4, -0.2) is 77.0 Å². The van der Waals surface area contributed by atoms with Gasteiger partial charge in [0.1, 0.15) is 0 Å². The highest BCUT2D eigenvalue weighted by atomic mass is 16.4. The molecule has 1 rings (SSSR count). The number of piperazine rings is 1. The number of nitrogens with zero attached hydrogens (tertiary/aromatic N) is 2. The Bertz CT molecular complexity index is 270. The predicted octanol–water partition coefficient (Wildman–Crippen LogP) is 0.0310. The average Bonchev–Trinajstić information content (AvgIpc) is 2.27. The van der Waals surface area contributed by atoms with Gasteiger partial charge in [-0.05, 0) is 20.8 Å². The van der Waals surface area contributed by atoms with Crippen molar-refractivity contribution in [2.45, 2.75) is 32.4 Å². The van der Waals surface area contributed by atoms with Crippen LogP contribution in [0.3, 0.4) is 0 Å². The SMILES string of the molecule is CC(C)(C)N1CCN(CC(CO)NC(=O)O)CC1. The average molecular weight is 259 g/mol. The zero-order chi connectivity index (χ0) is 13.8. The van der Waals surface area contributed by atoms with Gasteiger partial charge < -0.3 is 15.5 Å². The van der Waals surface area contributed by atoms with E-state index >= 15 is 0 Å². The van der Waals surface area contributed by atoms with E-state index in [0.29, 0.717) is 6.54 Å². The van der Waals surface area contributed by atoms with Gasteiger partial charge in [0.05, 0.1) is 12.6 Å². The Balaban J connectivity index is 2.36. The molecule has 18 heavy (non-hydrogen) atoms.